The molecule has 100 valence electrons. The molecule has 3 rings (SSSR count). The monoisotopic (exact) mass is 267 g/mol. The largest absolute Gasteiger partial charge is 0.494 e. The first kappa shape index (κ1) is 12.2. The number of nitrogens with two attached hydrogens (primary N) is 1. The van der Waals surface area contributed by atoms with E-state index in [0.29, 0.717) is 11.6 Å². The standard InChI is InChI=1S/C14H13N5O/c1-20-11-8-17-7-4-10(11)13-12(14(15)19-18-13)9-2-5-16-6-3-9/h2-8H,1H3,(H3,15,18,19). The maximum absolute atomic E-state index is 5.98. The fourth-order valence-electron chi connectivity index (χ4n) is 2.11. The highest BCUT2D eigenvalue weighted by Gasteiger charge is 2.17. The molecule has 0 radical (unpaired) electrons. The predicted octanol–water partition coefficient (Wildman–Crippen LogP) is 2.12. The highest BCUT2D eigenvalue weighted by Crippen LogP contribution is 2.37. The van der Waals surface area contributed by atoms with E-state index in [1.807, 2.05) is 18.2 Å². The number of nitrogen functional groups attached to an aromatic ring is 1. The van der Waals surface area contributed by atoms with Crippen LogP contribution in [-0.2, 0) is 0 Å². The van der Waals surface area contributed by atoms with Crippen molar-refractivity contribution in [3.05, 3.63) is 43.0 Å². The number of aromatic amines is 1. The number of hydrogen-bond donors (Lipinski definition) is 2. The summed E-state index contributed by atoms with van der Waals surface area (Å²) in [5.74, 6) is 1.09. The van der Waals surface area contributed by atoms with Gasteiger partial charge in [0, 0.05) is 24.2 Å². The second-order valence-electron chi connectivity index (χ2n) is 4.17. The Balaban J connectivity index is 2.22. The van der Waals surface area contributed by atoms with Crippen LogP contribution in [0.2, 0.25) is 0 Å². The van der Waals surface area contributed by atoms with Crippen LogP contribution in [0.1, 0.15) is 0 Å². The van der Waals surface area contributed by atoms with Crippen LogP contribution in [0, 0.1) is 0 Å². The van der Waals surface area contributed by atoms with Crippen molar-refractivity contribution < 1.29 is 4.74 Å². The quantitative estimate of drug-likeness (QED) is 0.758. The van der Waals surface area contributed by atoms with Gasteiger partial charge in [0.2, 0.25) is 0 Å². The van der Waals surface area contributed by atoms with E-state index in [0.717, 1.165) is 22.4 Å². The summed E-state index contributed by atoms with van der Waals surface area (Å²) in [4.78, 5) is 8.07. The van der Waals surface area contributed by atoms with Crippen LogP contribution in [0.4, 0.5) is 5.82 Å². The molecule has 0 saturated heterocycles. The van der Waals surface area contributed by atoms with Crippen molar-refractivity contribution >= 4 is 5.82 Å². The first-order valence-electron chi connectivity index (χ1n) is 6.04. The molecule has 0 amide bonds. The fraction of sp³-hybridized carbons (Fsp3) is 0.0714. The topological polar surface area (TPSA) is 89.7 Å². The van der Waals surface area contributed by atoms with Gasteiger partial charge in [-0.1, -0.05) is 0 Å². The van der Waals surface area contributed by atoms with E-state index in [1.165, 1.54) is 0 Å². The number of pyridine rings is 2. The lowest BCUT2D eigenvalue weighted by Gasteiger charge is -2.08. The maximum Gasteiger partial charge on any atom is 0.153 e. The molecule has 6 nitrogen and oxygen atoms in total. The molecule has 3 heterocycles. The summed E-state index contributed by atoms with van der Waals surface area (Å²) in [6.07, 6.45) is 6.79. The van der Waals surface area contributed by atoms with E-state index in [1.54, 1.807) is 31.9 Å². The van der Waals surface area contributed by atoms with Crippen molar-refractivity contribution in [1.29, 1.82) is 0 Å². The molecule has 0 fully saturated rings. The summed E-state index contributed by atoms with van der Waals surface area (Å²) >= 11 is 0. The smallest absolute Gasteiger partial charge is 0.153 e. The molecule has 3 N–H and O–H groups in total. The Morgan fingerprint density at radius 1 is 1.10 bits per heavy atom. The lowest BCUT2D eigenvalue weighted by molar-refractivity contribution is 0.414. The summed E-state index contributed by atoms with van der Waals surface area (Å²) in [6, 6.07) is 5.63. The number of rotatable bonds is 3. The number of nitrogens with one attached hydrogen (secondary N) is 1. The van der Waals surface area contributed by atoms with Gasteiger partial charge in [0.1, 0.15) is 5.75 Å². The molecular formula is C14H13N5O. The second-order valence-corrected chi connectivity index (χ2v) is 4.17. The third kappa shape index (κ3) is 1.97. The van der Waals surface area contributed by atoms with Crippen molar-refractivity contribution in [3.8, 4) is 28.1 Å². The van der Waals surface area contributed by atoms with E-state index < -0.39 is 0 Å². The van der Waals surface area contributed by atoms with Gasteiger partial charge in [-0.3, -0.25) is 15.1 Å². The van der Waals surface area contributed by atoms with Gasteiger partial charge in [-0.05, 0) is 23.8 Å². The summed E-state index contributed by atoms with van der Waals surface area (Å²) < 4.78 is 5.34. The predicted molar refractivity (Wildman–Crippen MR) is 76.0 cm³/mol. The lowest BCUT2D eigenvalue weighted by Crippen LogP contribution is -1.92. The van der Waals surface area contributed by atoms with Gasteiger partial charge in [0.05, 0.1) is 24.6 Å². The van der Waals surface area contributed by atoms with Crippen LogP contribution in [-0.4, -0.2) is 27.3 Å². The Hall–Kier alpha value is -2.89. The molecule has 0 aliphatic rings. The highest BCUT2D eigenvalue weighted by molar-refractivity contribution is 5.89. The van der Waals surface area contributed by atoms with E-state index in [2.05, 4.69) is 20.2 Å². The highest BCUT2D eigenvalue weighted by atomic mass is 16.5. The minimum absolute atomic E-state index is 0.435. The average molecular weight is 267 g/mol. The first-order valence-corrected chi connectivity index (χ1v) is 6.04. The summed E-state index contributed by atoms with van der Waals surface area (Å²) in [5.41, 5.74) is 9.42. The molecule has 0 aromatic carbocycles. The molecule has 0 atom stereocenters. The minimum atomic E-state index is 0.435. The average Bonchev–Trinajstić information content (AvgIpc) is 2.89. The van der Waals surface area contributed by atoms with E-state index in [9.17, 15) is 0 Å². The lowest BCUT2D eigenvalue weighted by atomic mass is 10.0. The summed E-state index contributed by atoms with van der Waals surface area (Å²) in [6.45, 7) is 0. The van der Waals surface area contributed by atoms with Crippen molar-refractivity contribution in [2.45, 2.75) is 0 Å². The van der Waals surface area contributed by atoms with Gasteiger partial charge in [0.25, 0.3) is 0 Å². The normalized spacial score (nSPS) is 10.4. The fourth-order valence-corrected chi connectivity index (χ4v) is 2.11. The third-order valence-corrected chi connectivity index (χ3v) is 3.04. The summed E-state index contributed by atoms with van der Waals surface area (Å²) in [7, 11) is 1.60. The van der Waals surface area contributed by atoms with Gasteiger partial charge in [-0.15, -0.1) is 0 Å². The van der Waals surface area contributed by atoms with Gasteiger partial charge in [-0.25, -0.2) is 0 Å². The van der Waals surface area contributed by atoms with Crippen LogP contribution in [0.5, 0.6) is 5.75 Å². The molecule has 0 unspecified atom stereocenters. The van der Waals surface area contributed by atoms with E-state index in [-0.39, 0.29) is 0 Å². The van der Waals surface area contributed by atoms with Crippen molar-refractivity contribution in [2.75, 3.05) is 12.8 Å². The number of nitrogens with zero attached hydrogens (tertiary/aromatic N) is 3. The Kier molecular flexibility index (Phi) is 3.04. The Labute approximate surface area is 115 Å². The minimum Gasteiger partial charge on any atom is -0.494 e. The molecule has 0 spiro atoms. The van der Waals surface area contributed by atoms with Crippen LogP contribution >= 0.6 is 0 Å². The number of anilines is 1. The SMILES string of the molecule is COc1cnccc1-c1[nH]nc(N)c1-c1ccncc1. The number of ether oxygens (including phenoxy) is 1. The number of aromatic nitrogens is 4. The van der Waals surface area contributed by atoms with Gasteiger partial charge >= 0.3 is 0 Å². The van der Waals surface area contributed by atoms with Crippen LogP contribution in [0.15, 0.2) is 43.0 Å². The van der Waals surface area contributed by atoms with Crippen molar-refractivity contribution in [2.24, 2.45) is 0 Å². The molecule has 6 heteroatoms. The zero-order valence-corrected chi connectivity index (χ0v) is 10.9. The van der Waals surface area contributed by atoms with Gasteiger partial charge in [-0.2, -0.15) is 5.10 Å². The third-order valence-electron chi connectivity index (χ3n) is 3.04. The van der Waals surface area contributed by atoms with Gasteiger partial charge in [0.15, 0.2) is 5.82 Å². The molecule has 3 aromatic rings. The molecule has 0 bridgehead atoms. The Bertz CT molecular complexity index is 723. The van der Waals surface area contributed by atoms with Crippen molar-refractivity contribution in [3.63, 3.8) is 0 Å². The van der Waals surface area contributed by atoms with Crippen LogP contribution < -0.4 is 10.5 Å². The van der Waals surface area contributed by atoms with Crippen LogP contribution in [0.25, 0.3) is 22.4 Å². The molecule has 0 saturated carbocycles. The van der Waals surface area contributed by atoms with Gasteiger partial charge < -0.3 is 10.5 Å². The zero-order valence-electron chi connectivity index (χ0n) is 10.9. The number of hydrogen-bond acceptors (Lipinski definition) is 5. The molecule has 0 aliphatic heterocycles. The van der Waals surface area contributed by atoms with E-state index in [4.69, 9.17) is 10.5 Å². The molecular weight excluding hydrogens is 254 g/mol. The van der Waals surface area contributed by atoms with Crippen molar-refractivity contribution in [1.82, 2.24) is 20.2 Å². The molecule has 3 aromatic heterocycles. The van der Waals surface area contributed by atoms with E-state index >= 15 is 0 Å². The Morgan fingerprint density at radius 2 is 1.85 bits per heavy atom. The maximum atomic E-state index is 5.98. The molecule has 20 heavy (non-hydrogen) atoms. The Morgan fingerprint density at radius 3 is 2.60 bits per heavy atom. The second kappa shape index (κ2) is 5.00. The van der Waals surface area contributed by atoms with Crippen LogP contribution in [0.3, 0.4) is 0 Å². The number of H-pyrrole nitrogens is 1. The zero-order chi connectivity index (χ0) is 13.9. The summed E-state index contributed by atoms with van der Waals surface area (Å²) in [5, 5.41) is 7.06. The first-order chi connectivity index (χ1) is 9.81. The number of methoxy groups -OCH3 is 1. The molecule has 0 aliphatic carbocycles.